The Labute approximate surface area is 154 Å². The van der Waals surface area contributed by atoms with Gasteiger partial charge in [0.25, 0.3) is 0 Å². The third-order valence-electron chi connectivity index (χ3n) is 2.98. The second-order valence-electron chi connectivity index (χ2n) is 6.57. The third kappa shape index (κ3) is 8.86. The van der Waals surface area contributed by atoms with E-state index in [9.17, 15) is 14.4 Å². The number of anilines is 2. The van der Waals surface area contributed by atoms with Crippen molar-refractivity contribution in [3.05, 3.63) is 36.4 Å². The average Bonchev–Trinajstić information content (AvgIpc) is 2.53. The first kappa shape index (κ1) is 21.2. The summed E-state index contributed by atoms with van der Waals surface area (Å²) in [4.78, 5) is 35.4. The molecule has 0 atom stereocenters. The minimum atomic E-state index is -0.588. The highest BCUT2D eigenvalue weighted by atomic mass is 16.6. The van der Waals surface area contributed by atoms with Crippen molar-refractivity contribution in [1.82, 2.24) is 5.32 Å². The molecule has 1 aromatic rings. The lowest BCUT2D eigenvalue weighted by molar-refractivity contribution is -0.116. The third-order valence-corrected chi connectivity index (χ3v) is 2.98. The summed E-state index contributed by atoms with van der Waals surface area (Å²) in [5, 5.41) is 7.97. The van der Waals surface area contributed by atoms with Crippen molar-refractivity contribution in [2.24, 2.45) is 0 Å². The molecular formula is C19H27N3O4. The van der Waals surface area contributed by atoms with Crippen LogP contribution < -0.4 is 16.0 Å². The zero-order chi connectivity index (χ0) is 19.6. The lowest BCUT2D eigenvalue weighted by Crippen LogP contribution is -2.34. The molecule has 26 heavy (non-hydrogen) atoms. The van der Waals surface area contributed by atoms with E-state index in [-0.39, 0.29) is 24.8 Å². The van der Waals surface area contributed by atoms with Crippen molar-refractivity contribution in [3.8, 4) is 0 Å². The second kappa shape index (κ2) is 10.2. The van der Waals surface area contributed by atoms with Crippen molar-refractivity contribution < 1.29 is 19.1 Å². The molecule has 0 saturated carbocycles. The minimum absolute atomic E-state index is 0.0806. The van der Waals surface area contributed by atoms with Crippen molar-refractivity contribution in [3.63, 3.8) is 0 Å². The first-order valence-electron chi connectivity index (χ1n) is 8.54. The van der Waals surface area contributed by atoms with Crippen LogP contribution in [0, 0.1) is 0 Å². The van der Waals surface area contributed by atoms with Gasteiger partial charge in [-0.25, -0.2) is 4.79 Å². The zero-order valence-corrected chi connectivity index (χ0v) is 15.7. The van der Waals surface area contributed by atoms with E-state index in [1.165, 1.54) is 6.08 Å². The van der Waals surface area contributed by atoms with Crippen molar-refractivity contribution in [2.45, 2.75) is 46.1 Å². The highest BCUT2D eigenvalue weighted by molar-refractivity contribution is 6.03. The molecular weight excluding hydrogens is 334 g/mol. The van der Waals surface area contributed by atoms with Gasteiger partial charge in [0.15, 0.2) is 0 Å². The first-order valence-corrected chi connectivity index (χ1v) is 8.54. The number of rotatable bonds is 7. The maximum atomic E-state index is 12.1. The van der Waals surface area contributed by atoms with E-state index in [0.717, 1.165) is 6.42 Å². The molecule has 0 aliphatic heterocycles. The predicted molar refractivity (Wildman–Crippen MR) is 102 cm³/mol. The van der Waals surface area contributed by atoms with Gasteiger partial charge in [-0.15, -0.1) is 0 Å². The Hall–Kier alpha value is -2.83. The van der Waals surface area contributed by atoms with Crippen molar-refractivity contribution >= 4 is 29.3 Å². The SMILES string of the molecule is CC/C=C/C(=O)Nc1ccccc1NC(=O)CCNC(=O)OC(C)(C)C. The average molecular weight is 361 g/mol. The molecule has 7 heteroatoms. The molecule has 142 valence electrons. The van der Waals surface area contributed by atoms with E-state index in [1.54, 1.807) is 51.1 Å². The quantitative estimate of drug-likeness (QED) is 0.648. The van der Waals surface area contributed by atoms with Crippen LogP contribution in [0.3, 0.4) is 0 Å². The number of hydrogen-bond acceptors (Lipinski definition) is 4. The number of ether oxygens (including phenoxy) is 1. The van der Waals surface area contributed by atoms with Gasteiger partial charge in [-0.05, 0) is 45.4 Å². The number of benzene rings is 1. The highest BCUT2D eigenvalue weighted by Crippen LogP contribution is 2.21. The molecule has 0 heterocycles. The second-order valence-corrected chi connectivity index (χ2v) is 6.57. The minimum Gasteiger partial charge on any atom is -0.444 e. The standard InChI is InChI=1S/C19H27N3O4/c1-5-6-11-16(23)21-14-9-7-8-10-15(14)22-17(24)12-13-20-18(25)26-19(2,3)4/h6-11H,5,12-13H2,1-4H3,(H,20,25)(H,21,23)(H,22,24)/b11-6+. The van der Waals surface area contributed by atoms with E-state index in [4.69, 9.17) is 4.74 Å². The maximum absolute atomic E-state index is 12.1. The summed E-state index contributed by atoms with van der Waals surface area (Å²) in [6.45, 7) is 7.37. The molecule has 1 rings (SSSR count). The molecule has 7 nitrogen and oxygen atoms in total. The van der Waals surface area contributed by atoms with Crippen LogP contribution in [0.15, 0.2) is 36.4 Å². The van der Waals surface area contributed by atoms with Crippen LogP contribution in [0.2, 0.25) is 0 Å². The van der Waals surface area contributed by atoms with Gasteiger partial charge in [0.05, 0.1) is 11.4 Å². The molecule has 0 aliphatic carbocycles. The number of nitrogens with one attached hydrogen (secondary N) is 3. The Morgan fingerprint density at radius 3 is 2.27 bits per heavy atom. The van der Waals surface area contributed by atoms with Gasteiger partial charge in [0.1, 0.15) is 5.60 Å². The number of alkyl carbamates (subject to hydrolysis) is 1. The van der Waals surface area contributed by atoms with Crippen LogP contribution in [0.1, 0.15) is 40.5 Å². The smallest absolute Gasteiger partial charge is 0.407 e. The van der Waals surface area contributed by atoms with Gasteiger partial charge in [0.2, 0.25) is 11.8 Å². The molecule has 3 N–H and O–H groups in total. The predicted octanol–water partition coefficient (Wildman–Crippen LogP) is 3.44. The van der Waals surface area contributed by atoms with E-state index < -0.39 is 11.7 Å². The topological polar surface area (TPSA) is 96.5 Å². The Balaban J connectivity index is 2.53. The van der Waals surface area contributed by atoms with Crippen LogP contribution in [-0.2, 0) is 14.3 Å². The molecule has 0 bridgehead atoms. The van der Waals surface area contributed by atoms with Crippen LogP contribution in [-0.4, -0.2) is 30.1 Å². The monoisotopic (exact) mass is 361 g/mol. The summed E-state index contributed by atoms with van der Waals surface area (Å²) < 4.78 is 5.10. The molecule has 0 saturated heterocycles. The molecule has 0 aliphatic rings. The number of allylic oxidation sites excluding steroid dienone is 1. The number of carbonyl (C=O) groups is 3. The van der Waals surface area contributed by atoms with Gasteiger partial charge < -0.3 is 20.7 Å². The van der Waals surface area contributed by atoms with E-state index >= 15 is 0 Å². The van der Waals surface area contributed by atoms with Gasteiger partial charge in [0, 0.05) is 13.0 Å². The summed E-state index contributed by atoms with van der Waals surface area (Å²) in [7, 11) is 0. The van der Waals surface area contributed by atoms with E-state index in [2.05, 4.69) is 16.0 Å². The van der Waals surface area contributed by atoms with Crippen LogP contribution in [0.5, 0.6) is 0 Å². The zero-order valence-electron chi connectivity index (χ0n) is 15.7. The Bertz CT molecular complexity index is 663. The van der Waals surface area contributed by atoms with Crippen LogP contribution >= 0.6 is 0 Å². The lowest BCUT2D eigenvalue weighted by Gasteiger charge is -2.19. The first-order chi connectivity index (χ1) is 12.2. The van der Waals surface area contributed by atoms with E-state index in [1.807, 2.05) is 6.92 Å². The summed E-state index contributed by atoms with van der Waals surface area (Å²) in [6.07, 6.45) is 3.47. The number of para-hydroxylation sites is 2. The lowest BCUT2D eigenvalue weighted by atomic mass is 10.2. The molecule has 0 spiro atoms. The van der Waals surface area contributed by atoms with Crippen molar-refractivity contribution in [2.75, 3.05) is 17.2 Å². The van der Waals surface area contributed by atoms with Gasteiger partial charge >= 0.3 is 6.09 Å². The number of carbonyl (C=O) groups excluding carboxylic acids is 3. The summed E-state index contributed by atoms with van der Waals surface area (Å²) >= 11 is 0. The molecule has 0 fully saturated rings. The summed E-state index contributed by atoms with van der Waals surface area (Å²) in [5.41, 5.74) is 0.412. The van der Waals surface area contributed by atoms with Crippen LogP contribution in [0.4, 0.5) is 16.2 Å². The fourth-order valence-corrected chi connectivity index (χ4v) is 1.91. The molecule has 3 amide bonds. The largest absolute Gasteiger partial charge is 0.444 e. The molecule has 0 radical (unpaired) electrons. The van der Waals surface area contributed by atoms with Gasteiger partial charge in [-0.3, -0.25) is 9.59 Å². The van der Waals surface area contributed by atoms with Gasteiger partial charge in [-0.1, -0.05) is 25.1 Å². The Morgan fingerprint density at radius 2 is 1.69 bits per heavy atom. The van der Waals surface area contributed by atoms with Gasteiger partial charge in [-0.2, -0.15) is 0 Å². The van der Waals surface area contributed by atoms with Crippen LogP contribution in [0.25, 0.3) is 0 Å². The molecule has 1 aromatic carbocycles. The molecule has 0 unspecified atom stereocenters. The fourth-order valence-electron chi connectivity index (χ4n) is 1.91. The maximum Gasteiger partial charge on any atom is 0.407 e. The van der Waals surface area contributed by atoms with Crippen molar-refractivity contribution in [1.29, 1.82) is 0 Å². The Kier molecular flexibility index (Phi) is 8.34. The van der Waals surface area contributed by atoms with E-state index in [0.29, 0.717) is 11.4 Å². The number of amides is 3. The fraction of sp³-hybridized carbons (Fsp3) is 0.421. The molecule has 0 aromatic heterocycles. The normalized spacial score (nSPS) is 11.1. The summed E-state index contributed by atoms with van der Waals surface area (Å²) in [5.74, 6) is -0.549. The Morgan fingerprint density at radius 1 is 1.08 bits per heavy atom. The highest BCUT2D eigenvalue weighted by Gasteiger charge is 2.16. The summed E-state index contributed by atoms with van der Waals surface area (Å²) in [6, 6.07) is 6.91. The number of hydrogen-bond donors (Lipinski definition) is 3.